The predicted octanol–water partition coefficient (Wildman–Crippen LogP) is 2.54. The smallest absolute Gasteiger partial charge is 0.257 e. The molecule has 11 nitrogen and oxygen atoms in total. The van der Waals surface area contributed by atoms with Crippen LogP contribution < -0.4 is 20.9 Å². The van der Waals surface area contributed by atoms with Crippen molar-refractivity contribution in [3.63, 3.8) is 0 Å². The molecule has 0 aliphatic carbocycles. The van der Waals surface area contributed by atoms with E-state index in [0.29, 0.717) is 34.2 Å². The van der Waals surface area contributed by atoms with Crippen LogP contribution in [0.1, 0.15) is 0 Å². The normalized spacial score (nSPS) is 11.9. The third kappa shape index (κ3) is 4.99. The molecule has 5 rings (SSSR count). The van der Waals surface area contributed by atoms with Crippen molar-refractivity contribution < 1.29 is 8.95 Å². The van der Waals surface area contributed by atoms with Gasteiger partial charge in [0.15, 0.2) is 5.82 Å². The van der Waals surface area contributed by atoms with Crippen LogP contribution in [0, 0.1) is 0 Å². The van der Waals surface area contributed by atoms with Crippen molar-refractivity contribution in [2.75, 3.05) is 24.2 Å². The van der Waals surface area contributed by atoms with Crippen LogP contribution in [0.3, 0.4) is 0 Å². The Morgan fingerprint density at radius 1 is 1.11 bits per heavy atom. The minimum atomic E-state index is -1.61. The molecule has 1 aromatic carbocycles. The monoisotopic (exact) mass is 501 g/mol. The molecule has 5 aromatic rings. The standard InChI is InChI=1S/C24H23N9O2S/c1-33-9-6-20(32-33)22-21(16-4-5-19-15(11-16)3-2-7-29-19)31-24(23(25)30-22)35-10-8-28-17-12-18(36(26)34)14-27-13-17/h2-7,9,11-14,28H,8,10,26H2,1H3,(H2,25,30). The lowest BCUT2D eigenvalue weighted by molar-refractivity contribution is 0.321. The van der Waals surface area contributed by atoms with Crippen LogP contribution in [0.4, 0.5) is 11.5 Å². The van der Waals surface area contributed by atoms with Crippen LogP contribution in [0.5, 0.6) is 5.88 Å². The van der Waals surface area contributed by atoms with Gasteiger partial charge in [-0.25, -0.2) is 19.3 Å². The molecule has 4 aromatic heterocycles. The summed E-state index contributed by atoms with van der Waals surface area (Å²) in [6, 6.07) is 13.3. The van der Waals surface area contributed by atoms with Gasteiger partial charge in [-0.15, -0.1) is 0 Å². The third-order valence-electron chi connectivity index (χ3n) is 5.34. The number of nitrogens with one attached hydrogen (secondary N) is 1. The van der Waals surface area contributed by atoms with Crippen LogP contribution in [-0.2, 0) is 18.0 Å². The summed E-state index contributed by atoms with van der Waals surface area (Å²) in [6.45, 7) is 0.668. The number of hydrogen-bond acceptors (Lipinski definition) is 9. The number of aromatic nitrogens is 6. The van der Waals surface area contributed by atoms with Gasteiger partial charge in [0.25, 0.3) is 5.88 Å². The molecule has 0 aliphatic rings. The number of nitrogens with two attached hydrogens (primary N) is 2. The molecular formula is C24H23N9O2S. The number of nitrogens with zero attached hydrogens (tertiary/aromatic N) is 6. The Morgan fingerprint density at radius 2 is 2.00 bits per heavy atom. The fourth-order valence-electron chi connectivity index (χ4n) is 3.65. The molecule has 0 fully saturated rings. The highest BCUT2D eigenvalue weighted by Crippen LogP contribution is 2.33. The van der Waals surface area contributed by atoms with Crippen LogP contribution in [-0.4, -0.2) is 47.1 Å². The van der Waals surface area contributed by atoms with Gasteiger partial charge < -0.3 is 15.8 Å². The van der Waals surface area contributed by atoms with Gasteiger partial charge in [0, 0.05) is 43.1 Å². The van der Waals surface area contributed by atoms with Gasteiger partial charge >= 0.3 is 0 Å². The highest BCUT2D eigenvalue weighted by atomic mass is 32.2. The van der Waals surface area contributed by atoms with Gasteiger partial charge in [0.2, 0.25) is 0 Å². The average Bonchev–Trinajstić information content (AvgIpc) is 3.33. The Balaban J connectivity index is 1.42. The SMILES string of the molecule is Cn1ccc(-c2nc(N)c(OCCNc3cncc(S(N)=O)c3)nc2-c2ccc3ncccc3c2)n1. The fraction of sp³-hybridized carbons (Fsp3) is 0.125. The molecule has 0 aliphatic heterocycles. The number of rotatable bonds is 8. The van der Waals surface area contributed by atoms with E-state index in [-0.39, 0.29) is 18.3 Å². The molecule has 182 valence electrons. The number of anilines is 2. The second kappa shape index (κ2) is 10.1. The van der Waals surface area contributed by atoms with Crippen LogP contribution >= 0.6 is 0 Å². The lowest BCUT2D eigenvalue weighted by Gasteiger charge is -2.13. The number of ether oxygens (including phenoxy) is 1. The maximum atomic E-state index is 11.5. The second-order valence-electron chi connectivity index (χ2n) is 7.88. The summed E-state index contributed by atoms with van der Waals surface area (Å²) < 4.78 is 19.0. The number of hydrogen-bond donors (Lipinski definition) is 3. The summed E-state index contributed by atoms with van der Waals surface area (Å²) >= 11 is 0. The summed E-state index contributed by atoms with van der Waals surface area (Å²) in [5, 5.41) is 14.0. The Hall–Kier alpha value is -4.42. The van der Waals surface area contributed by atoms with Crippen molar-refractivity contribution >= 4 is 33.4 Å². The van der Waals surface area contributed by atoms with Crippen molar-refractivity contribution in [2.24, 2.45) is 12.2 Å². The number of benzene rings is 1. The Bertz CT molecular complexity index is 1570. The van der Waals surface area contributed by atoms with Crippen LogP contribution in [0.15, 0.2) is 72.1 Å². The van der Waals surface area contributed by atoms with E-state index in [4.69, 9.17) is 20.6 Å². The fourth-order valence-corrected chi connectivity index (χ4v) is 4.06. The van der Waals surface area contributed by atoms with E-state index < -0.39 is 11.0 Å². The van der Waals surface area contributed by atoms with Crippen molar-refractivity contribution in [2.45, 2.75) is 4.90 Å². The lowest BCUT2D eigenvalue weighted by Crippen LogP contribution is -2.14. The number of pyridine rings is 2. The Kier molecular flexibility index (Phi) is 6.52. The summed E-state index contributed by atoms with van der Waals surface area (Å²) in [5.74, 6) is 0.372. The predicted molar refractivity (Wildman–Crippen MR) is 138 cm³/mol. The average molecular weight is 502 g/mol. The molecule has 0 amide bonds. The number of nitrogen functional groups attached to an aromatic ring is 1. The maximum absolute atomic E-state index is 11.5. The third-order valence-corrected chi connectivity index (χ3v) is 6.03. The van der Waals surface area contributed by atoms with Gasteiger partial charge in [0.05, 0.1) is 22.3 Å². The summed E-state index contributed by atoms with van der Waals surface area (Å²) in [5.41, 5.74) is 10.4. The second-order valence-corrected chi connectivity index (χ2v) is 8.94. The van der Waals surface area contributed by atoms with Gasteiger partial charge in [-0.1, -0.05) is 12.1 Å². The molecule has 0 bridgehead atoms. The van der Waals surface area contributed by atoms with Gasteiger partial charge in [-0.3, -0.25) is 14.6 Å². The number of aryl methyl sites for hydroxylation is 1. The Morgan fingerprint density at radius 3 is 2.81 bits per heavy atom. The molecular weight excluding hydrogens is 478 g/mol. The molecule has 1 unspecified atom stereocenters. The first-order valence-corrected chi connectivity index (χ1v) is 12.2. The molecule has 0 radical (unpaired) electrons. The summed E-state index contributed by atoms with van der Waals surface area (Å²) in [4.78, 5) is 18.2. The molecule has 4 heterocycles. The first-order valence-electron chi connectivity index (χ1n) is 11.0. The van der Waals surface area contributed by atoms with E-state index in [1.807, 2.05) is 49.6 Å². The van der Waals surface area contributed by atoms with Gasteiger partial charge in [0.1, 0.15) is 34.7 Å². The first-order chi connectivity index (χ1) is 17.5. The minimum Gasteiger partial charge on any atom is -0.473 e. The van der Waals surface area contributed by atoms with Crippen molar-refractivity contribution in [3.05, 3.63) is 67.3 Å². The van der Waals surface area contributed by atoms with Crippen LogP contribution in [0.25, 0.3) is 33.5 Å². The van der Waals surface area contributed by atoms with Crippen LogP contribution in [0.2, 0.25) is 0 Å². The highest BCUT2D eigenvalue weighted by Gasteiger charge is 2.18. The van der Waals surface area contributed by atoms with Crippen molar-refractivity contribution in [3.8, 4) is 28.5 Å². The molecule has 0 spiro atoms. The van der Waals surface area contributed by atoms with E-state index >= 15 is 0 Å². The van der Waals surface area contributed by atoms with Gasteiger partial charge in [-0.2, -0.15) is 5.10 Å². The Labute approximate surface area is 209 Å². The largest absolute Gasteiger partial charge is 0.473 e. The molecule has 36 heavy (non-hydrogen) atoms. The molecule has 5 N–H and O–H groups in total. The first kappa shape index (κ1) is 23.3. The zero-order valence-corrected chi connectivity index (χ0v) is 20.1. The zero-order valence-electron chi connectivity index (χ0n) is 19.3. The topological polar surface area (TPSA) is 160 Å². The summed E-state index contributed by atoms with van der Waals surface area (Å²) in [6.07, 6.45) is 6.66. The van der Waals surface area contributed by atoms with Gasteiger partial charge in [-0.05, 0) is 30.3 Å². The molecule has 12 heteroatoms. The summed E-state index contributed by atoms with van der Waals surface area (Å²) in [7, 11) is 0.231. The molecule has 1 atom stereocenters. The minimum absolute atomic E-state index is 0.157. The van der Waals surface area contributed by atoms with Crippen molar-refractivity contribution in [1.82, 2.24) is 29.7 Å². The zero-order chi connectivity index (χ0) is 25.1. The maximum Gasteiger partial charge on any atom is 0.257 e. The van der Waals surface area contributed by atoms with E-state index in [9.17, 15) is 4.21 Å². The number of fused-ring (bicyclic) bond motifs is 1. The van der Waals surface area contributed by atoms with Crippen molar-refractivity contribution in [1.29, 1.82) is 0 Å². The quantitative estimate of drug-likeness (QED) is 0.271. The van der Waals surface area contributed by atoms with E-state index in [0.717, 1.165) is 16.5 Å². The van der Waals surface area contributed by atoms with E-state index in [1.165, 1.54) is 6.20 Å². The lowest BCUT2D eigenvalue weighted by atomic mass is 10.0. The highest BCUT2D eigenvalue weighted by molar-refractivity contribution is 7.82. The van der Waals surface area contributed by atoms with E-state index in [1.54, 1.807) is 23.1 Å². The molecule has 0 saturated heterocycles. The van der Waals surface area contributed by atoms with E-state index in [2.05, 4.69) is 25.4 Å². The molecule has 0 saturated carbocycles.